The maximum atomic E-state index is 12.3. The summed E-state index contributed by atoms with van der Waals surface area (Å²) >= 11 is 0. The van der Waals surface area contributed by atoms with Gasteiger partial charge < -0.3 is 5.11 Å². The molecule has 0 radical (unpaired) electrons. The van der Waals surface area contributed by atoms with Gasteiger partial charge in [0.2, 0.25) is 10.0 Å². The summed E-state index contributed by atoms with van der Waals surface area (Å²) in [7, 11) is -3.60. The Morgan fingerprint density at radius 3 is 2.61 bits per heavy atom. The summed E-state index contributed by atoms with van der Waals surface area (Å²) < 4.78 is 28.8. The Labute approximate surface area is 137 Å². The largest absolute Gasteiger partial charge is 0.396 e. The van der Waals surface area contributed by atoms with Gasteiger partial charge in [0.05, 0.1) is 12.7 Å². The molecule has 23 heavy (non-hydrogen) atoms. The standard InChI is InChI=1S/C16H23N3O3S/c1-16(2,8-9-20)13-18-23(21,22)15-10-17-19(12-15)11-14-6-4-3-5-7-14/h3-7,10,12,18,20H,8-9,11,13H2,1-2H3. The summed E-state index contributed by atoms with van der Waals surface area (Å²) in [5.41, 5.74) is 0.749. The number of aromatic nitrogens is 2. The van der Waals surface area contributed by atoms with E-state index in [0.29, 0.717) is 13.0 Å². The third-order valence-corrected chi connectivity index (χ3v) is 4.99. The number of aliphatic hydroxyl groups excluding tert-OH is 1. The molecule has 0 spiro atoms. The molecule has 1 aromatic carbocycles. The lowest BCUT2D eigenvalue weighted by Gasteiger charge is -2.23. The third kappa shape index (κ3) is 5.16. The lowest BCUT2D eigenvalue weighted by Crippen LogP contribution is -2.34. The first-order valence-corrected chi connectivity index (χ1v) is 8.98. The molecular formula is C16H23N3O3S. The molecule has 0 aliphatic rings. The summed E-state index contributed by atoms with van der Waals surface area (Å²) in [5.74, 6) is 0. The number of hydrogen-bond donors (Lipinski definition) is 2. The summed E-state index contributed by atoms with van der Waals surface area (Å²) in [5, 5.41) is 13.1. The second-order valence-electron chi connectivity index (χ2n) is 6.32. The molecule has 2 rings (SSSR count). The fraction of sp³-hybridized carbons (Fsp3) is 0.438. The van der Waals surface area contributed by atoms with E-state index in [0.717, 1.165) is 5.56 Å². The Balaban J connectivity index is 2.04. The van der Waals surface area contributed by atoms with Crippen LogP contribution in [0.2, 0.25) is 0 Å². The highest BCUT2D eigenvalue weighted by molar-refractivity contribution is 7.89. The molecule has 0 fully saturated rings. The second kappa shape index (κ2) is 7.25. The van der Waals surface area contributed by atoms with E-state index < -0.39 is 10.0 Å². The van der Waals surface area contributed by atoms with Crippen LogP contribution in [0.25, 0.3) is 0 Å². The lowest BCUT2D eigenvalue weighted by molar-refractivity contribution is 0.213. The van der Waals surface area contributed by atoms with Crippen molar-refractivity contribution in [1.29, 1.82) is 0 Å². The molecule has 0 saturated heterocycles. The van der Waals surface area contributed by atoms with E-state index in [9.17, 15) is 8.42 Å². The fourth-order valence-electron chi connectivity index (χ4n) is 2.11. The summed E-state index contributed by atoms with van der Waals surface area (Å²) in [6, 6.07) is 9.72. The Hall–Kier alpha value is -1.70. The average Bonchev–Trinajstić information content (AvgIpc) is 2.96. The van der Waals surface area contributed by atoms with Crippen LogP contribution in [0.5, 0.6) is 0 Å². The van der Waals surface area contributed by atoms with Crippen LogP contribution in [0, 0.1) is 5.41 Å². The van der Waals surface area contributed by atoms with Gasteiger partial charge in [-0.1, -0.05) is 44.2 Å². The van der Waals surface area contributed by atoms with E-state index in [1.807, 2.05) is 44.2 Å². The van der Waals surface area contributed by atoms with Gasteiger partial charge in [0, 0.05) is 19.3 Å². The van der Waals surface area contributed by atoms with Gasteiger partial charge in [-0.2, -0.15) is 5.10 Å². The Morgan fingerprint density at radius 1 is 1.26 bits per heavy atom. The van der Waals surface area contributed by atoms with Gasteiger partial charge in [-0.3, -0.25) is 4.68 Å². The highest BCUT2D eigenvalue weighted by atomic mass is 32.2. The summed E-state index contributed by atoms with van der Waals surface area (Å²) in [4.78, 5) is 0.147. The molecule has 126 valence electrons. The van der Waals surface area contributed by atoms with Crippen molar-refractivity contribution in [3.8, 4) is 0 Å². The molecular weight excluding hydrogens is 314 g/mol. The van der Waals surface area contributed by atoms with E-state index in [1.165, 1.54) is 12.4 Å². The minimum absolute atomic E-state index is 0.0315. The van der Waals surface area contributed by atoms with Gasteiger partial charge in [0.1, 0.15) is 4.90 Å². The van der Waals surface area contributed by atoms with Gasteiger partial charge in [-0.05, 0) is 17.4 Å². The number of benzene rings is 1. The van der Waals surface area contributed by atoms with Crippen molar-refractivity contribution in [2.24, 2.45) is 5.41 Å². The zero-order valence-electron chi connectivity index (χ0n) is 13.4. The summed E-state index contributed by atoms with van der Waals surface area (Å²) in [6.07, 6.45) is 3.40. The normalized spacial score (nSPS) is 12.5. The smallest absolute Gasteiger partial charge is 0.243 e. The predicted molar refractivity (Wildman–Crippen MR) is 88.4 cm³/mol. The molecule has 0 saturated carbocycles. The van der Waals surface area contributed by atoms with Crippen molar-refractivity contribution in [2.75, 3.05) is 13.2 Å². The Bertz CT molecular complexity index is 724. The van der Waals surface area contributed by atoms with Gasteiger partial charge >= 0.3 is 0 Å². The van der Waals surface area contributed by atoms with Crippen molar-refractivity contribution in [1.82, 2.24) is 14.5 Å². The van der Waals surface area contributed by atoms with Gasteiger partial charge in [-0.25, -0.2) is 13.1 Å². The van der Waals surface area contributed by atoms with Crippen LogP contribution in [0.15, 0.2) is 47.6 Å². The van der Waals surface area contributed by atoms with Gasteiger partial charge in [0.25, 0.3) is 0 Å². The molecule has 2 N–H and O–H groups in total. The van der Waals surface area contributed by atoms with Crippen LogP contribution < -0.4 is 4.72 Å². The van der Waals surface area contributed by atoms with Crippen molar-refractivity contribution < 1.29 is 13.5 Å². The van der Waals surface area contributed by atoms with Gasteiger partial charge in [-0.15, -0.1) is 0 Å². The highest BCUT2D eigenvalue weighted by Crippen LogP contribution is 2.19. The first-order chi connectivity index (χ1) is 10.8. The maximum absolute atomic E-state index is 12.3. The van der Waals surface area contributed by atoms with E-state index in [-0.39, 0.29) is 23.5 Å². The van der Waals surface area contributed by atoms with E-state index in [4.69, 9.17) is 5.11 Å². The minimum Gasteiger partial charge on any atom is -0.396 e. The van der Waals surface area contributed by atoms with E-state index in [2.05, 4.69) is 9.82 Å². The van der Waals surface area contributed by atoms with Crippen LogP contribution in [0.4, 0.5) is 0 Å². The van der Waals surface area contributed by atoms with Crippen LogP contribution in [-0.4, -0.2) is 36.5 Å². The van der Waals surface area contributed by atoms with Gasteiger partial charge in [0.15, 0.2) is 0 Å². The lowest BCUT2D eigenvalue weighted by atomic mass is 9.90. The monoisotopic (exact) mass is 337 g/mol. The zero-order valence-corrected chi connectivity index (χ0v) is 14.3. The van der Waals surface area contributed by atoms with Crippen molar-refractivity contribution in [3.05, 3.63) is 48.3 Å². The zero-order chi connectivity index (χ0) is 16.9. The number of sulfonamides is 1. The molecule has 0 atom stereocenters. The molecule has 0 unspecified atom stereocenters. The molecule has 7 heteroatoms. The molecule has 0 bridgehead atoms. The second-order valence-corrected chi connectivity index (χ2v) is 8.09. The first kappa shape index (κ1) is 17.7. The Kier molecular flexibility index (Phi) is 5.56. The molecule has 1 heterocycles. The number of hydrogen-bond acceptors (Lipinski definition) is 4. The Morgan fingerprint density at radius 2 is 1.96 bits per heavy atom. The molecule has 0 aliphatic heterocycles. The minimum atomic E-state index is -3.60. The van der Waals surface area contributed by atoms with Crippen molar-refractivity contribution in [3.63, 3.8) is 0 Å². The number of nitrogens with zero attached hydrogens (tertiary/aromatic N) is 2. The molecule has 0 amide bonds. The number of nitrogens with one attached hydrogen (secondary N) is 1. The predicted octanol–water partition coefficient (Wildman–Crippen LogP) is 1.62. The van der Waals surface area contributed by atoms with Crippen LogP contribution in [0.1, 0.15) is 25.8 Å². The van der Waals surface area contributed by atoms with Crippen LogP contribution in [-0.2, 0) is 16.6 Å². The molecule has 0 aliphatic carbocycles. The highest BCUT2D eigenvalue weighted by Gasteiger charge is 2.23. The third-order valence-electron chi connectivity index (χ3n) is 3.64. The van der Waals surface area contributed by atoms with E-state index >= 15 is 0 Å². The topological polar surface area (TPSA) is 84.2 Å². The summed E-state index contributed by atoms with van der Waals surface area (Å²) in [6.45, 7) is 4.63. The molecule has 1 aromatic heterocycles. The SMILES string of the molecule is CC(C)(CCO)CNS(=O)(=O)c1cnn(Cc2ccccc2)c1. The molecule has 6 nitrogen and oxygen atoms in total. The van der Waals surface area contributed by atoms with Crippen LogP contribution in [0.3, 0.4) is 0 Å². The number of aliphatic hydroxyl groups is 1. The number of rotatable bonds is 8. The van der Waals surface area contributed by atoms with Crippen molar-refractivity contribution >= 4 is 10.0 Å². The molecule has 2 aromatic rings. The quantitative estimate of drug-likeness (QED) is 0.766. The fourth-order valence-corrected chi connectivity index (χ4v) is 3.30. The van der Waals surface area contributed by atoms with Crippen molar-refractivity contribution in [2.45, 2.75) is 31.7 Å². The first-order valence-electron chi connectivity index (χ1n) is 7.49. The van der Waals surface area contributed by atoms with Crippen LogP contribution >= 0.6 is 0 Å². The van der Waals surface area contributed by atoms with E-state index in [1.54, 1.807) is 4.68 Å². The maximum Gasteiger partial charge on any atom is 0.243 e. The average molecular weight is 337 g/mol.